The Hall–Kier alpha value is -4.02. The molecule has 0 saturated carbocycles. The number of carbonyl (C=O) groups excluding carboxylic acids is 3. The van der Waals surface area contributed by atoms with Gasteiger partial charge < -0.3 is 29.9 Å². The summed E-state index contributed by atoms with van der Waals surface area (Å²) in [6.45, 7) is -0.343. The highest BCUT2D eigenvalue weighted by Crippen LogP contribution is 2.27. The van der Waals surface area contributed by atoms with Gasteiger partial charge in [0, 0.05) is 19.2 Å². The van der Waals surface area contributed by atoms with Crippen molar-refractivity contribution in [3.63, 3.8) is 0 Å². The van der Waals surface area contributed by atoms with Crippen LogP contribution in [-0.2, 0) is 16.1 Å². The Kier molecular flexibility index (Phi) is 8.71. The zero-order valence-corrected chi connectivity index (χ0v) is 19.4. The normalized spacial score (nSPS) is 11.7. The highest BCUT2D eigenvalue weighted by molar-refractivity contribution is 6.39. The fourth-order valence-corrected chi connectivity index (χ4v) is 3.56. The monoisotopic (exact) mass is 519 g/mol. The largest absolute Gasteiger partial charge is 0.480 e. The van der Waals surface area contributed by atoms with Gasteiger partial charge in [0.2, 0.25) is 5.91 Å². The number of carboxylic acids is 1. The third-order valence-corrected chi connectivity index (χ3v) is 5.15. The quantitative estimate of drug-likeness (QED) is 0.300. The van der Waals surface area contributed by atoms with E-state index in [1.165, 1.54) is 48.9 Å². The third-order valence-electron chi connectivity index (χ3n) is 4.55. The van der Waals surface area contributed by atoms with Crippen molar-refractivity contribution >= 4 is 53.0 Å². The van der Waals surface area contributed by atoms with Gasteiger partial charge in [0.15, 0.2) is 5.76 Å². The van der Waals surface area contributed by atoms with Crippen LogP contribution in [0.2, 0.25) is 10.0 Å². The van der Waals surface area contributed by atoms with Crippen molar-refractivity contribution < 1.29 is 33.1 Å². The molecule has 182 valence electrons. The average molecular weight is 520 g/mol. The van der Waals surface area contributed by atoms with Gasteiger partial charge in [-0.1, -0.05) is 23.2 Å². The standard InChI is InChI=1S/C23H19Cl2N3O7/c24-15-9-13(11-26-19(29)6-5-14-3-1-7-34-14)10-16(25)20(15)22(31)28-17(23(32)33)12-27-21(30)18-4-2-8-35-18/h1-10,17H,11-12H2,(H,26,29)(H,27,30)(H,28,31)(H,32,33)/b6-5+. The summed E-state index contributed by atoms with van der Waals surface area (Å²) in [5.41, 5.74) is 0.363. The lowest BCUT2D eigenvalue weighted by Crippen LogP contribution is -2.48. The molecule has 0 bridgehead atoms. The summed E-state index contributed by atoms with van der Waals surface area (Å²) in [4.78, 5) is 48.2. The fraction of sp³-hybridized carbons (Fsp3) is 0.130. The molecule has 35 heavy (non-hydrogen) atoms. The molecular weight excluding hydrogens is 501 g/mol. The maximum atomic E-state index is 12.7. The van der Waals surface area contributed by atoms with Crippen molar-refractivity contribution in [3.8, 4) is 0 Å². The zero-order valence-electron chi connectivity index (χ0n) is 17.9. The van der Waals surface area contributed by atoms with E-state index in [4.69, 9.17) is 32.0 Å². The number of furan rings is 2. The summed E-state index contributed by atoms with van der Waals surface area (Å²) in [5.74, 6) is -2.76. The minimum Gasteiger partial charge on any atom is -0.480 e. The summed E-state index contributed by atoms with van der Waals surface area (Å²) in [6, 6.07) is 7.67. The Morgan fingerprint density at radius 3 is 2.26 bits per heavy atom. The Balaban J connectivity index is 1.60. The summed E-state index contributed by atoms with van der Waals surface area (Å²) >= 11 is 12.4. The number of nitrogens with one attached hydrogen (secondary N) is 3. The van der Waals surface area contributed by atoms with Crippen LogP contribution in [0.3, 0.4) is 0 Å². The first-order valence-corrected chi connectivity index (χ1v) is 10.8. The number of halogens is 2. The van der Waals surface area contributed by atoms with Gasteiger partial charge in [-0.2, -0.15) is 0 Å². The van der Waals surface area contributed by atoms with Crippen LogP contribution in [-0.4, -0.2) is 41.4 Å². The van der Waals surface area contributed by atoms with Crippen LogP contribution < -0.4 is 16.0 Å². The lowest BCUT2D eigenvalue weighted by molar-refractivity contribution is -0.139. The van der Waals surface area contributed by atoms with Gasteiger partial charge in [0.1, 0.15) is 11.8 Å². The number of carboxylic acid groups (broad SMARTS) is 1. The predicted molar refractivity (Wildman–Crippen MR) is 126 cm³/mol. The van der Waals surface area contributed by atoms with E-state index in [0.717, 1.165) is 0 Å². The van der Waals surface area contributed by atoms with Crippen LogP contribution in [0.5, 0.6) is 0 Å². The van der Waals surface area contributed by atoms with Gasteiger partial charge >= 0.3 is 5.97 Å². The molecule has 1 atom stereocenters. The fourth-order valence-electron chi connectivity index (χ4n) is 2.86. The molecule has 0 fully saturated rings. The SMILES string of the molecule is O=C(/C=C/c1ccco1)NCc1cc(Cl)c(C(=O)NC(CNC(=O)c2ccco2)C(=O)O)c(Cl)c1. The van der Waals surface area contributed by atoms with Crippen molar-refractivity contribution in [2.75, 3.05) is 6.54 Å². The first-order chi connectivity index (χ1) is 16.7. The number of benzene rings is 1. The van der Waals surface area contributed by atoms with Gasteiger partial charge in [0.05, 0.1) is 28.1 Å². The Morgan fingerprint density at radius 2 is 1.66 bits per heavy atom. The predicted octanol–water partition coefficient (Wildman–Crippen LogP) is 3.12. The molecule has 0 radical (unpaired) electrons. The first kappa shape index (κ1) is 25.6. The molecule has 3 amide bonds. The van der Waals surface area contributed by atoms with Crippen molar-refractivity contribution in [2.24, 2.45) is 0 Å². The van der Waals surface area contributed by atoms with Gasteiger partial charge in [-0.05, 0) is 48.0 Å². The summed E-state index contributed by atoms with van der Waals surface area (Å²) < 4.78 is 10.0. The molecule has 3 aromatic rings. The lowest BCUT2D eigenvalue weighted by atomic mass is 10.1. The highest BCUT2D eigenvalue weighted by atomic mass is 35.5. The highest BCUT2D eigenvalue weighted by Gasteiger charge is 2.25. The van der Waals surface area contributed by atoms with E-state index in [9.17, 15) is 24.3 Å². The van der Waals surface area contributed by atoms with Gasteiger partial charge in [-0.25, -0.2) is 4.79 Å². The van der Waals surface area contributed by atoms with Gasteiger partial charge in [-0.15, -0.1) is 0 Å². The van der Waals surface area contributed by atoms with Crippen molar-refractivity contribution in [1.29, 1.82) is 0 Å². The number of aliphatic carboxylic acids is 1. The minimum absolute atomic E-state index is 0.00862. The first-order valence-electron chi connectivity index (χ1n) is 10.1. The second-order valence-electron chi connectivity index (χ2n) is 7.05. The molecule has 1 unspecified atom stereocenters. The van der Waals surface area contributed by atoms with E-state index < -0.39 is 36.3 Å². The van der Waals surface area contributed by atoms with Crippen molar-refractivity contribution in [1.82, 2.24) is 16.0 Å². The molecular formula is C23H19Cl2N3O7. The van der Waals surface area contributed by atoms with Crippen LogP contribution in [0.4, 0.5) is 0 Å². The molecule has 0 aliphatic carbocycles. The van der Waals surface area contributed by atoms with Crippen LogP contribution >= 0.6 is 23.2 Å². The molecule has 2 heterocycles. The maximum Gasteiger partial charge on any atom is 0.328 e. The number of carbonyl (C=O) groups is 4. The van der Waals surface area contributed by atoms with Crippen LogP contribution in [0.1, 0.15) is 32.2 Å². The molecule has 0 aliphatic heterocycles. The van der Waals surface area contributed by atoms with E-state index >= 15 is 0 Å². The van der Waals surface area contributed by atoms with Gasteiger partial charge in [0.25, 0.3) is 11.8 Å². The van der Waals surface area contributed by atoms with E-state index in [1.807, 2.05) is 0 Å². The molecule has 2 aromatic heterocycles. The Labute approximate surface area is 208 Å². The average Bonchev–Trinajstić information content (AvgIpc) is 3.52. The second kappa shape index (κ2) is 11.9. The minimum atomic E-state index is -1.46. The van der Waals surface area contributed by atoms with Crippen LogP contribution in [0.15, 0.2) is 63.8 Å². The summed E-state index contributed by atoms with van der Waals surface area (Å²) in [6.07, 6.45) is 5.57. The number of hydrogen-bond donors (Lipinski definition) is 4. The molecule has 0 spiro atoms. The van der Waals surface area contributed by atoms with Crippen LogP contribution in [0.25, 0.3) is 6.08 Å². The number of hydrogen-bond acceptors (Lipinski definition) is 6. The van der Waals surface area contributed by atoms with E-state index in [0.29, 0.717) is 11.3 Å². The molecule has 10 nitrogen and oxygen atoms in total. The van der Waals surface area contributed by atoms with E-state index in [2.05, 4.69) is 16.0 Å². The van der Waals surface area contributed by atoms with Crippen molar-refractivity contribution in [2.45, 2.75) is 12.6 Å². The van der Waals surface area contributed by atoms with E-state index in [-0.39, 0.29) is 27.9 Å². The Bertz CT molecular complexity index is 1220. The Morgan fingerprint density at radius 1 is 0.971 bits per heavy atom. The molecule has 12 heteroatoms. The summed E-state index contributed by atoms with van der Waals surface area (Å²) in [5, 5.41) is 16.6. The molecule has 3 rings (SSSR count). The zero-order chi connectivity index (χ0) is 25.4. The number of rotatable bonds is 10. The molecule has 1 aromatic carbocycles. The maximum absolute atomic E-state index is 12.7. The number of amides is 3. The van der Waals surface area contributed by atoms with Crippen molar-refractivity contribution in [3.05, 3.63) is 87.7 Å². The molecule has 4 N–H and O–H groups in total. The third kappa shape index (κ3) is 7.23. The van der Waals surface area contributed by atoms with Crippen LogP contribution in [0, 0.1) is 0 Å². The lowest BCUT2D eigenvalue weighted by Gasteiger charge is -2.16. The van der Waals surface area contributed by atoms with Gasteiger partial charge in [-0.3, -0.25) is 14.4 Å². The second-order valence-corrected chi connectivity index (χ2v) is 7.87. The van der Waals surface area contributed by atoms with E-state index in [1.54, 1.807) is 12.1 Å². The molecule has 0 aliphatic rings. The molecule has 0 saturated heterocycles. The summed E-state index contributed by atoms with van der Waals surface area (Å²) in [7, 11) is 0. The topological polar surface area (TPSA) is 151 Å². The smallest absolute Gasteiger partial charge is 0.328 e.